The van der Waals surface area contributed by atoms with Crippen LogP contribution >= 0.6 is 0 Å². The van der Waals surface area contributed by atoms with Gasteiger partial charge in [0.1, 0.15) is 0 Å². The third kappa shape index (κ3) is 1.96. The van der Waals surface area contributed by atoms with Crippen LogP contribution in [0, 0.1) is 17.8 Å². The molecule has 1 saturated heterocycles. The molecule has 4 nitrogen and oxygen atoms in total. The molecular formula is C17H20N2O2. The van der Waals surface area contributed by atoms with Gasteiger partial charge in [0.15, 0.2) is 5.78 Å². The van der Waals surface area contributed by atoms with Gasteiger partial charge in [-0.25, -0.2) is 4.79 Å². The SMILES string of the molecule is CC(=O)c1cccc(NC(=O)N2C[C@@H]3[C@H]4CC[C@@H](C4)[C@H]32)c1. The maximum absolute atomic E-state index is 12.4. The van der Waals surface area contributed by atoms with Crippen molar-refractivity contribution in [2.45, 2.75) is 32.2 Å². The van der Waals surface area contributed by atoms with Crippen LogP contribution in [-0.2, 0) is 0 Å². The number of ketones is 1. The molecular weight excluding hydrogens is 264 g/mol. The number of carbonyl (C=O) groups excluding carboxylic acids is 2. The molecule has 2 saturated carbocycles. The number of hydrogen-bond acceptors (Lipinski definition) is 2. The van der Waals surface area contributed by atoms with E-state index in [4.69, 9.17) is 0 Å². The second kappa shape index (κ2) is 4.58. The fourth-order valence-electron chi connectivity index (χ4n) is 4.56. The largest absolute Gasteiger partial charge is 0.322 e. The molecule has 0 spiro atoms. The zero-order chi connectivity index (χ0) is 14.6. The minimum atomic E-state index is -0.00972. The Morgan fingerprint density at radius 3 is 2.81 bits per heavy atom. The Hall–Kier alpha value is -1.84. The van der Waals surface area contributed by atoms with Crippen molar-refractivity contribution in [3.05, 3.63) is 29.8 Å². The number of carbonyl (C=O) groups is 2. The summed E-state index contributed by atoms with van der Waals surface area (Å²) in [6.45, 7) is 2.44. The molecule has 2 aliphatic carbocycles. The maximum atomic E-state index is 12.4. The van der Waals surface area contributed by atoms with E-state index in [0.29, 0.717) is 17.3 Å². The topological polar surface area (TPSA) is 49.4 Å². The second-order valence-electron chi connectivity index (χ2n) is 6.71. The molecule has 110 valence electrons. The van der Waals surface area contributed by atoms with Gasteiger partial charge in [0.05, 0.1) is 0 Å². The molecule has 0 aromatic heterocycles. The lowest BCUT2D eigenvalue weighted by Gasteiger charge is -2.50. The molecule has 3 fully saturated rings. The Bertz CT molecular complexity index is 611. The molecule has 1 aromatic rings. The van der Waals surface area contributed by atoms with E-state index in [1.54, 1.807) is 12.1 Å². The van der Waals surface area contributed by atoms with Gasteiger partial charge in [0.2, 0.25) is 0 Å². The summed E-state index contributed by atoms with van der Waals surface area (Å²) in [6.07, 6.45) is 3.97. The van der Waals surface area contributed by atoms with Crippen molar-refractivity contribution in [3.8, 4) is 0 Å². The van der Waals surface area contributed by atoms with E-state index in [2.05, 4.69) is 5.32 Å². The van der Waals surface area contributed by atoms with Gasteiger partial charge in [-0.3, -0.25) is 4.79 Å². The van der Waals surface area contributed by atoms with Crippen LogP contribution in [0.3, 0.4) is 0 Å². The van der Waals surface area contributed by atoms with E-state index in [0.717, 1.165) is 24.3 Å². The third-order valence-corrected chi connectivity index (χ3v) is 5.59. The van der Waals surface area contributed by atoms with E-state index < -0.39 is 0 Å². The zero-order valence-corrected chi connectivity index (χ0v) is 12.2. The van der Waals surface area contributed by atoms with Gasteiger partial charge in [0, 0.05) is 29.8 Å². The first-order valence-electron chi connectivity index (χ1n) is 7.82. The van der Waals surface area contributed by atoms with Crippen LogP contribution in [0.5, 0.6) is 0 Å². The van der Waals surface area contributed by atoms with Crippen molar-refractivity contribution in [2.75, 3.05) is 11.9 Å². The number of rotatable bonds is 2. The lowest BCUT2D eigenvalue weighted by Crippen LogP contribution is -2.61. The molecule has 2 bridgehead atoms. The number of fused-ring (bicyclic) bond motifs is 5. The molecule has 4 heteroatoms. The average molecular weight is 284 g/mol. The number of anilines is 1. The van der Waals surface area contributed by atoms with Gasteiger partial charge < -0.3 is 10.2 Å². The zero-order valence-electron chi connectivity index (χ0n) is 12.2. The van der Waals surface area contributed by atoms with E-state index in [1.807, 2.05) is 17.0 Å². The predicted octanol–water partition coefficient (Wildman–Crippen LogP) is 3.15. The summed E-state index contributed by atoms with van der Waals surface area (Å²) in [7, 11) is 0. The van der Waals surface area contributed by atoms with Crippen LogP contribution in [-0.4, -0.2) is 29.3 Å². The maximum Gasteiger partial charge on any atom is 0.322 e. The van der Waals surface area contributed by atoms with Crippen LogP contribution in [0.1, 0.15) is 36.5 Å². The molecule has 0 unspecified atom stereocenters. The Labute approximate surface area is 124 Å². The van der Waals surface area contributed by atoms with Crippen LogP contribution < -0.4 is 5.32 Å². The van der Waals surface area contributed by atoms with Crippen molar-refractivity contribution in [1.82, 2.24) is 4.90 Å². The monoisotopic (exact) mass is 284 g/mol. The van der Waals surface area contributed by atoms with E-state index in [9.17, 15) is 9.59 Å². The van der Waals surface area contributed by atoms with Crippen molar-refractivity contribution in [1.29, 1.82) is 0 Å². The molecule has 3 aliphatic rings. The van der Waals surface area contributed by atoms with Crippen molar-refractivity contribution < 1.29 is 9.59 Å². The Balaban J connectivity index is 1.45. The fourth-order valence-corrected chi connectivity index (χ4v) is 4.56. The summed E-state index contributed by atoms with van der Waals surface area (Å²) in [5, 5.41) is 2.95. The molecule has 4 rings (SSSR count). The first-order valence-corrected chi connectivity index (χ1v) is 7.82. The molecule has 1 heterocycles. The van der Waals surface area contributed by atoms with Crippen LogP contribution in [0.4, 0.5) is 10.5 Å². The fraction of sp³-hybridized carbons (Fsp3) is 0.529. The molecule has 2 amide bonds. The van der Waals surface area contributed by atoms with Crippen LogP contribution in [0.25, 0.3) is 0 Å². The number of nitrogens with one attached hydrogen (secondary N) is 1. The van der Waals surface area contributed by atoms with Gasteiger partial charge in [-0.15, -0.1) is 0 Å². The summed E-state index contributed by atoms with van der Waals surface area (Å²) in [4.78, 5) is 25.8. The molecule has 21 heavy (non-hydrogen) atoms. The number of urea groups is 1. The third-order valence-electron chi connectivity index (χ3n) is 5.59. The smallest absolute Gasteiger partial charge is 0.321 e. The molecule has 1 aromatic carbocycles. The standard InChI is InChI=1S/C17H20N2O2/c1-10(20)11-3-2-4-14(8-11)18-17(21)19-9-15-12-5-6-13(7-12)16(15)19/h2-4,8,12-13,15-16H,5-7,9H2,1H3,(H,18,21)/t12-,13-,15+,16+/m0/s1. The highest BCUT2D eigenvalue weighted by Crippen LogP contribution is 2.55. The predicted molar refractivity (Wildman–Crippen MR) is 80.3 cm³/mol. The normalized spacial score (nSPS) is 32.5. The molecule has 0 radical (unpaired) electrons. The quantitative estimate of drug-likeness (QED) is 0.848. The van der Waals surface area contributed by atoms with Crippen molar-refractivity contribution in [2.24, 2.45) is 17.8 Å². The summed E-state index contributed by atoms with van der Waals surface area (Å²) in [6, 6.07) is 7.63. The van der Waals surface area contributed by atoms with Crippen molar-refractivity contribution >= 4 is 17.5 Å². The number of amides is 2. The van der Waals surface area contributed by atoms with E-state index in [-0.39, 0.29) is 11.8 Å². The van der Waals surface area contributed by atoms with E-state index in [1.165, 1.54) is 26.2 Å². The number of hydrogen-bond donors (Lipinski definition) is 1. The first-order chi connectivity index (χ1) is 10.1. The van der Waals surface area contributed by atoms with Gasteiger partial charge in [-0.2, -0.15) is 0 Å². The van der Waals surface area contributed by atoms with Crippen molar-refractivity contribution in [3.63, 3.8) is 0 Å². The van der Waals surface area contributed by atoms with Gasteiger partial charge in [-0.1, -0.05) is 12.1 Å². The minimum Gasteiger partial charge on any atom is -0.321 e. The highest BCUT2D eigenvalue weighted by molar-refractivity contribution is 5.97. The second-order valence-corrected chi connectivity index (χ2v) is 6.71. The summed E-state index contributed by atoms with van der Waals surface area (Å²) in [5.41, 5.74) is 1.34. The summed E-state index contributed by atoms with van der Waals surface area (Å²) >= 11 is 0. The number of Topliss-reactive ketones (excluding diaryl/α,β-unsaturated/α-hetero) is 1. The Kier molecular flexibility index (Phi) is 2.81. The highest BCUT2D eigenvalue weighted by Gasteiger charge is 2.57. The average Bonchev–Trinajstić information content (AvgIpc) is 2.95. The lowest BCUT2D eigenvalue weighted by atomic mass is 9.77. The lowest BCUT2D eigenvalue weighted by molar-refractivity contribution is 0.0177. The summed E-state index contributed by atoms with van der Waals surface area (Å²) in [5.74, 6) is 2.36. The number of likely N-dealkylation sites (tertiary alicyclic amines) is 1. The van der Waals surface area contributed by atoms with E-state index >= 15 is 0 Å². The number of nitrogens with zero attached hydrogens (tertiary/aromatic N) is 1. The van der Waals surface area contributed by atoms with Crippen LogP contribution in [0.2, 0.25) is 0 Å². The first kappa shape index (κ1) is 12.9. The Morgan fingerprint density at radius 1 is 1.24 bits per heavy atom. The highest BCUT2D eigenvalue weighted by atomic mass is 16.2. The molecule has 4 atom stereocenters. The van der Waals surface area contributed by atoms with Gasteiger partial charge in [0.25, 0.3) is 0 Å². The molecule has 1 N–H and O–H groups in total. The van der Waals surface area contributed by atoms with Crippen LogP contribution in [0.15, 0.2) is 24.3 Å². The minimum absolute atomic E-state index is 0.00972. The van der Waals surface area contributed by atoms with Gasteiger partial charge >= 0.3 is 6.03 Å². The Morgan fingerprint density at radius 2 is 2.05 bits per heavy atom. The summed E-state index contributed by atoms with van der Waals surface area (Å²) < 4.78 is 0. The molecule has 1 aliphatic heterocycles. The van der Waals surface area contributed by atoms with Gasteiger partial charge in [-0.05, 0) is 50.2 Å². The number of benzene rings is 1.